The Morgan fingerprint density at radius 3 is 2.40 bits per heavy atom. The van der Waals surface area contributed by atoms with Gasteiger partial charge < -0.3 is 0 Å². The first-order valence-corrected chi connectivity index (χ1v) is 4.16. The highest BCUT2D eigenvalue weighted by Gasteiger charge is 1.86. The van der Waals surface area contributed by atoms with Crippen LogP contribution in [0, 0.1) is 0 Å². The standard InChI is InChI=1S/C10H18/c1-4-7-10(8-5-2)9-6-3/h4,7-8H,5-6,9H2,1-3H3/b7-4-,10-8+. The van der Waals surface area contributed by atoms with E-state index in [9.17, 15) is 0 Å². The first-order chi connectivity index (χ1) is 4.85. The highest BCUT2D eigenvalue weighted by atomic mass is 13.9. The van der Waals surface area contributed by atoms with Crippen LogP contribution in [0.4, 0.5) is 0 Å². The van der Waals surface area contributed by atoms with Crippen LogP contribution in [-0.4, -0.2) is 0 Å². The summed E-state index contributed by atoms with van der Waals surface area (Å²) in [7, 11) is 0. The van der Waals surface area contributed by atoms with Gasteiger partial charge >= 0.3 is 0 Å². The van der Waals surface area contributed by atoms with Crippen LogP contribution in [0.3, 0.4) is 0 Å². The van der Waals surface area contributed by atoms with Gasteiger partial charge in [-0.1, -0.05) is 44.1 Å². The first kappa shape index (κ1) is 9.48. The van der Waals surface area contributed by atoms with Gasteiger partial charge in [0.1, 0.15) is 0 Å². The van der Waals surface area contributed by atoms with Gasteiger partial charge in [-0.2, -0.15) is 0 Å². The summed E-state index contributed by atoms with van der Waals surface area (Å²) < 4.78 is 0. The van der Waals surface area contributed by atoms with E-state index >= 15 is 0 Å². The van der Waals surface area contributed by atoms with Gasteiger partial charge in [-0.25, -0.2) is 0 Å². The van der Waals surface area contributed by atoms with E-state index in [4.69, 9.17) is 0 Å². The minimum atomic E-state index is 1.15. The Morgan fingerprint density at radius 1 is 1.30 bits per heavy atom. The summed E-state index contributed by atoms with van der Waals surface area (Å²) in [5, 5.41) is 0. The van der Waals surface area contributed by atoms with Crippen molar-refractivity contribution in [2.75, 3.05) is 0 Å². The second-order valence-electron chi connectivity index (χ2n) is 2.44. The quantitative estimate of drug-likeness (QED) is 0.520. The van der Waals surface area contributed by atoms with Crippen molar-refractivity contribution in [3.8, 4) is 0 Å². The van der Waals surface area contributed by atoms with Crippen LogP contribution in [0.2, 0.25) is 0 Å². The van der Waals surface area contributed by atoms with Gasteiger partial charge in [0.2, 0.25) is 0 Å². The molecule has 0 atom stereocenters. The third-order valence-electron chi connectivity index (χ3n) is 1.39. The van der Waals surface area contributed by atoms with Crippen molar-refractivity contribution in [3.05, 3.63) is 23.8 Å². The lowest BCUT2D eigenvalue weighted by Gasteiger charge is -1.96. The highest BCUT2D eigenvalue weighted by molar-refractivity contribution is 5.17. The number of hydrogen-bond donors (Lipinski definition) is 0. The zero-order valence-electron chi connectivity index (χ0n) is 7.35. The lowest BCUT2D eigenvalue weighted by atomic mass is 10.1. The third-order valence-corrected chi connectivity index (χ3v) is 1.39. The first-order valence-electron chi connectivity index (χ1n) is 4.16. The fourth-order valence-electron chi connectivity index (χ4n) is 1.02. The van der Waals surface area contributed by atoms with Crippen molar-refractivity contribution in [3.63, 3.8) is 0 Å². The summed E-state index contributed by atoms with van der Waals surface area (Å²) in [5.41, 5.74) is 1.48. The zero-order valence-corrected chi connectivity index (χ0v) is 7.35. The normalized spacial score (nSPS) is 12.9. The Labute approximate surface area is 64.6 Å². The molecule has 0 aromatic rings. The van der Waals surface area contributed by atoms with Crippen molar-refractivity contribution in [1.29, 1.82) is 0 Å². The largest absolute Gasteiger partial charge is 0.0874 e. The van der Waals surface area contributed by atoms with Gasteiger partial charge in [0.15, 0.2) is 0 Å². The maximum Gasteiger partial charge on any atom is -0.0285 e. The Bertz CT molecular complexity index is 118. The van der Waals surface area contributed by atoms with Crippen molar-refractivity contribution < 1.29 is 0 Å². The molecule has 0 N–H and O–H groups in total. The minimum absolute atomic E-state index is 1.15. The van der Waals surface area contributed by atoms with E-state index in [1.165, 1.54) is 18.4 Å². The van der Waals surface area contributed by atoms with E-state index in [2.05, 4.69) is 39.0 Å². The molecule has 0 bridgehead atoms. The lowest BCUT2D eigenvalue weighted by molar-refractivity contribution is 0.917. The Morgan fingerprint density at radius 2 is 2.00 bits per heavy atom. The van der Waals surface area contributed by atoms with Crippen molar-refractivity contribution in [2.24, 2.45) is 0 Å². The SMILES string of the molecule is C/C=C\C(=C/CC)CCC. The van der Waals surface area contributed by atoms with Crippen LogP contribution < -0.4 is 0 Å². The molecule has 0 aromatic heterocycles. The Balaban J connectivity index is 3.84. The molecule has 0 saturated heterocycles. The molecule has 0 amide bonds. The van der Waals surface area contributed by atoms with Crippen LogP contribution >= 0.6 is 0 Å². The maximum atomic E-state index is 2.30. The second-order valence-corrected chi connectivity index (χ2v) is 2.44. The molecule has 0 heterocycles. The molecule has 0 aromatic carbocycles. The maximum absolute atomic E-state index is 2.30. The molecule has 0 fully saturated rings. The van der Waals surface area contributed by atoms with Crippen LogP contribution in [0.25, 0.3) is 0 Å². The van der Waals surface area contributed by atoms with Crippen molar-refractivity contribution in [2.45, 2.75) is 40.0 Å². The molecule has 0 unspecified atom stereocenters. The predicted molar refractivity (Wildman–Crippen MR) is 48.1 cm³/mol. The molecule has 0 nitrogen and oxygen atoms in total. The molecule has 58 valence electrons. The van der Waals surface area contributed by atoms with E-state index < -0.39 is 0 Å². The summed E-state index contributed by atoms with van der Waals surface area (Å²) >= 11 is 0. The molecule has 0 aliphatic rings. The summed E-state index contributed by atoms with van der Waals surface area (Å²) in [6.45, 7) is 6.46. The average Bonchev–Trinajstić information content (AvgIpc) is 1.90. The fourth-order valence-corrected chi connectivity index (χ4v) is 1.02. The lowest BCUT2D eigenvalue weighted by Crippen LogP contribution is -1.76. The van der Waals surface area contributed by atoms with E-state index in [1.54, 1.807) is 0 Å². The number of hydrogen-bond acceptors (Lipinski definition) is 0. The smallest absolute Gasteiger partial charge is 0.0285 e. The van der Waals surface area contributed by atoms with Crippen LogP contribution in [0.1, 0.15) is 40.0 Å². The van der Waals surface area contributed by atoms with Gasteiger partial charge in [-0.3, -0.25) is 0 Å². The minimum Gasteiger partial charge on any atom is -0.0874 e. The Hall–Kier alpha value is -0.520. The highest BCUT2D eigenvalue weighted by Crippen LogP contribution is 2.06. The summed E-state index contributed by atoms with van der Waals surface area (Å²) in [5.74, 6) is 0. The topological polar surface area (TPSA) is 0 Å². The van der Waals surface area contributed by atoms with Crippen molar-refractivity contribution in [1.82, 2.24) is 0 Å². The third kappa shape index (κ3) is 4.37. The number of allylic oxidation sites excluding steroid dienone is 4. The van der Waals surface area contributed by atoms with Gasteiger partial charge in [0, 0.05) is 0 Å². The van der Waals surface area contributed by atoms with E-state index in [0.717, 1.165) is 6.42 Å². The molecular formula is C10H18. The molecule has 0 saturated carbocycles. The summed E-state index contributed by atoms with van der Waals surface area (Å²) in [6, 6.07) is 0. The summed E-state index contributed by atoms with van der Waals surface area (Å²) in [4.78, 5) is 0. The molecule has 0 rings (SSSR count). The monoisotopic (exact) mass is 138 g/mol. The number of rotatable bonds is 4. The molecular weight excluding hydrogens is 120 g/mol. The van der Waals surface area contributed by atoms with Crippen LogP contribution in [-0.2, 0) is 0 Å². The predicted octanol–water partition coefficient (Wildman–Crippen LogP) is 3.70. The van der Waals surface area contributed by atoms with Crippen LogP contribution in [0.5, 0.6) is 0 Å². The van der Waals surface area contributed by atoms with E-state index in [-0.39, 0.29) is 0 Å². The fraction of sp³-hybridized carbons (Fsp3) is 0.600. The van der Waals surface area contributed by atoms with E-state index in [0.29, 0.717) is 0 Å². The Kier molecular flexibility index (Phi) is 6.25. The molecule has 0 aliphatic heterocycles. The molecule has 0 spiro atoms. The van der Waals surface area contributed by atoms with Gasteiger partial charge in [0.25, 0.3) is 0 Å². The van der Waals surface area contributed by atoms with Gasteiger partial charge in [0.05, 0.1) is 0 Å². The molecule has 10 heavy (non-hydrogen) atoms. The van der Waals surface area contributed by atoms with E-state index in [1.807, 2.05) is 0 Å². The van der Waals surface area contributed by atoms with Gasteiger partial charge in [-0.15, -0.1) is 0 Å². The zero-order chi connectivity index (χ0) is 7.82. The van der Waals surface area contributed by atoms with Crippen molar-refractivity contribution >= 4 is 0 Å². The molecule has 0 aliphatic carbocycles. The van der Waals surface area contributed by atoms with Gasteiger partial charge in [-0.05, 0) is 19.8 Å². The second kappa shape index (κ2) is 6.60. The summed E-state index contributed by atoms with van der Waals surface area (Å²) in [6.07, 6.45) is 10.2. The van der Waals surface area contributed by atoms with Crippen LogP contribution in [0.15, 0.2) is 23.8 Å². The average molecular weight is 138 g/mol. The molecule has 0 radical (unpaired) electrons. The molecule has 0 heteroatoms.